The fourth-order valence-electron chi connectivity index (χ4n) is 4.90. The van der Waals surface area contributed by atoms with Crippen LogP contribution in [0.25, 0.3) is 10.9 Å². The van der Waals surface area contributed by atoms with Gasteiger partial charge in [-0.1, -0.05) is 30.3 Å². The van der Waals surface area contributed by atoms with Crippen molar-refractivity contribution < 1.29 is 28.9 Å². The van der Waals surface area contributed by atoms with E-state index in [9.17, 15) is 14.7 Å². The predicted molar refractivity (Wildman–Crippen MR) is 140 cm³/mol. The number of hydrogen-bond acceptors (Lipinski definition) is 6. The molecule has 0 saturated carbocycles. The second-order valence-corrected chi connectivity index (χ2v) is 9.05. The van der Waals surface area contributed by atoms with Crippen molar-refractivity contribution in [1.29, 1.82) is 0 Å². The number of anilines is 1. The van der Waals surface area contributed by atoms with Gasteiger partial charge in [-0.2, -0.15) is 0 Å². The Hall–Kier alpha value is -4.46. The Balaban J connectivity index is 1.39. The summed E-state index contributed by atoms with van der Waals surface area (Å²) in [4.78, 5) is 27.3. The molecule has 0 bridgehead atoms. The highest BCUT2D eigenvalue weighted by Gasteiger charge is 2.25. The largest absolute Gasteiger partial charge is 0.496 e. The fourth-order valence-corrected chi connectivity index (χ4v) is 4.90. The van der Waals surface area contributed by atoms with Crippen LogP contribution < -0.4 is 19.1 Å². The fraction of sp³-hybridized carbons (Fsp3) is 0.241. The molecule has 0 spiro atoms. The summed E-state index contributed by atoms with van der Waals surface area (Å²) in [7, 11) is 3.52. The number of carboxylic acid groups (broad SMARTS) is 1. The minimum atomic E-state index is -0.950. The van der Waals surface area contributed by atoms with E-state index < -0.39 is 5.97 Å². The molecule has 1 aliphatic heterocycles. The van der Waals surface area contributed by atoms with Crippen LogP contribution >= 0.6 is 0 Å². The molecule has 0 radical (unpaired) electrons. The van der Waals surface area contributed by atoms with Crippen LogP contribution in [0.1, 0.15) is 21.6 Å². The standard InChI is InChI=1S/C29H28N2O6/c1-18-23(15-28(32)33)21-8-4-5-9-24(21)31(18)29(34)22-13-12-19(14-27(22)35-3)36-17-20-16-30(2)25-10-6-7-11-26(25)37-20/h4-14,20H,15-17H2,1-3H3,(H,32,33)/t20-/m0/s1. The van der Waals surface area contributed by atoms with E-state index in [4.69, 9.17) is 14.2 Å². The van der Waals surface area contributed by atoms with E-state index in [0.29, 0.717) is 47.0 Å². The molecule has 190 valence electrons. The molecular weight excluding hydrogens is 472 g/mol. The van der Waals surface area contributed by atoms with Crippen LogP contribution in [0.2, 0.25) is 0 Å². The summed E-state index contributed by atoms with van der Waals surface area (Å²) in [6.45, 7) is 2.78. The third-order valence-corrected chi connectivity index (χ3v) is 6.66. The lowest BCUT2D eigenvalue weighted by molar-refractivity contribution is -0.136. The van der Waals surface area contributed by atoms with Crippen molar-refractivity contribution in [1.82, 2.24) is 4.57 Å². The molecule has 0 amide bonds. The molecule has 37 heavy (non-hydrogen) atoms. The molecule has 8 nitrogen and oxygen atoms in total. The van der Waals surface area contributed by atoms with Gasteiger partial charge in [-0.05, 0) is 42.8 Å². The van der Waals surface area contributed by atoms with Crippen molar-refractivity contribution in [3.05, 3.63) is 83.6 Å². The van der Waals surface area contributed by atoms with Gasteiger partial charge in [-0.15, -0.1) is 0 Å². The maximum Gasteiger partial charge on any atom is 0.307 e. The first kappa shape index (κ1) is 24.2. The number of nitrogens with zero attached hydrogens (tertiary/aromatic N) is 2. The summed E-state index contributed by atoms with van der Waals surface area (Å²) >= 11 is 0. The number of fused-ring (bicyclic) bond motifs is 2. The lowest BCUT2D eigenvalue weighted by Gasteiger charge is -2.33. The molecule has 4 aromatic rings. The van der Waals surface area contributed by atoms with Crippen LogP contribution in [0, 0.1) is 6.92 Å². The number of aliphatic carboxylic acids is 1. The number of carbonyl (C=O) groups is 2. The van der Waals surface area contributed by atoms with Crippen LogP contribution in [-0.2, 0) is 11.2 Å². The number of hydrogen-bond donors (Lipinski definition) is 1. The Kier molecular flexibility index (Phi) is 6.48. The van der Waals surface area contributed by atoms with Gasteiger partial charge in [-0.25, -0.2) is 0 Å². The van der Waals surface area contributed by atoms with Crippen molar-refractivity contribution in [3.63, 3.8) is 0 Å². The molecule has 1 aromatic heterocycles. The SMILES string of the molecule is COc1cc(OC[C@@H]2CN(C)c3ccccc3O2)ccc1C(=O)n1c(C)c(CC(=O)O)c2ccccc21. The number of aromatic nitrogens is 1. The number of methoxy groups -OCH3 is 1. The molecule has 0 fully saturated rings. The molecule has 2 heterocycles. The smallest absolute Gasteiger partial charge is 0.307 e. The Morgan fingerprint density at radius 3 is 2.62 bits per heavy atom. The van der Waals surface area contributed by atoms with E-state index in [2.05, 4.69) is 4.90 Å². The van der Waals surface area contributed by atoms with Crippen molar-refractivity contribution in [2.24, 2.45) is 0 Å². The summed E-state index contributed by atoms with van der Waals surface area (Å²) in [6, 6.07) is 20.3. The third-order valence-electron chi connectivity index (χ3n) is 6.66. The average Bonchev–Trinajstić information content (AvgIpc) is 3.17. The van der Waals surface area contributed by atoms with E-state index in [0.717, 1.165) is 16.8 Å². The number of likely N-dealkylation sites (N-methyl/N-ethyl adjacent to an activating group) is 1. The highest BCUT2D eigenvalue weighted by atomic mass is 16.5. The van der Waals surface area contributed by atoms with Gasteiger partial charge >= 0.3 is 5.97 Å². The minimum Gasteiger partial charge on any atom is -0.496 e. The first-order valence-corrected chi connectivity index (χ1v) is 12.0. The predicted octanol–water partition coefficient (Wildman–Crippen LogP) is 4.55. The lowest BCUT2D eigenvalue weighted by atomic mass is 10.1. The summed E-state index contributed by atoms with van der Waals surface area (Å²) < 4.78 is 19.2. The highest BCUT2D eigenvalue weighted by Crippen LogP contribution is 2.33. The van der Waals surface area contributed by atoms with E-state index in [1.165, 1.54) is 7.11 Å². The van der Waals surface area contributed by atoms with Gasteiger partial charge in [0.1, 0.15) is 30.0 Å². The van der Waals surface area contributed by atoms with Crippen LogP contribution in [0.5, 0.6) is 17.2 Å². The number of para-hydroxylation sites is 3. The second-order valence-electron chi connectivity index (χ2n) is 9.05. The molecular formula is C29H28N2O6. The number of ether oxygens (including phenoxy) is 3. The van der Waals surface area contributed by atoms with Crippen molar-refractivity contribution in [3.8, 4) is 17.2 Å². The van der Waals surface area contributed by atoms with Crippen molar-refractivity contribution in [2.75, 3.05) is 32.2 Å². The van der Waals surface area contributed by atoms with Gasteiger partial charge in [0.25, 0.3) is 5.91 Å². The van der Waals surface area contributed by atoms with Gasteiger partial charge in [0.2, 0.25) is 0 Å². The molecule has 0 unspecified atom stereocenters. The number of carboxylic acids is 1. The van der Waals surface area contributed by atoms with Crippen LogP contribution in [0.4, 0.5) is 5.69 Å². The lowest BCUT2D eigenvalue weighted by Crippen LogP contribution is -2.41. The van der Waals surface area contributed by atoms with Crippen LogP contribution in [0.3, 0.4) is 0 Å². The van der Waals surface area contributed by atoms with E-state index in [1.54, 1.807) is 29.7 Å². The molecule has 8 heteroatoms. The zero-order valence-electron chi connectivity index (χ0n) is 20.9. The third kappa shape index (κ3) is 4.58. The Bertz CT molecular complexity index is 1490. The number of rotatable bonds is 7. The van der Waals surface area contributed by atoms with Gasteiger partial charge in [0.15, 0.2) is 0 Å². The second kappa shape index (κ2) is 9.89. The highest BCUT2D eigenvalue weighted by molar-refractivity contribution is 6.06. The molecule has 1 atom stereocenters. The van der Waals surface area contributed by atoms with Crippen molar-refractivity contribution in [2.45, 2.75) is 19.4 Å². The first-order valence-electron chi connectivity index (χ1n) is 12.0. The topological polar surface area (TPSA) is 90.2 Å². The average molecular weight is 501 g/mol. The summed E-state index contributed by atoms with van der Waals surface area (Å²) in [5, 5.41) is 10.1. The van der Waals surface area contributed by atoms with E-state index in [-0.39, 0.29) is 18.4 Å². The summed E-state index contributed by atoms with van der Waals surface area (Å²) in [5.41, 5.74) is 3.26. The first-order chi connectivity index (χ1) is 17.9. The van der Waals surface area contributed by atoms with Crippen LogP contribution in [0.15, 0.2) is 66.7 Å². The number of carbonyl (C=O) groups excluding carboxylic acids is 1. The molecule has 0 saturated heterocycles. The van der Waals surface area contributed by atoms with Crippen LogP contribution in [-0.4, -0.2) is 55.0 Å². The molecule has 0 aliphatic carbocycles. The Labute approximate surface area is 214 Å². The quantitative estimate of drug-likeness (QED) is 0.398. The van der Waals surface area contributed by atoms with Crippen molar-refractivity contribution >= 4 is 28.5 Å². The number of benzene rings is 3. The summed E-state index contributed by atoms with van der Waals surface area (Å²) in [5.74, 6) is 0.488. The minimum absolute atomic E-state index is 0.159. The molecule has 5 rings (SSSR count). The Morgan fingerprint density at radius 1 is 1.08 bits per heavy atom. The van der Waals surface area contributed by atoms with Gasteiger partial charge in [-0.3, -0.25) is 14.2 Å². The monoisotopic (exact) mass is 500 g/mol. The zero-order chi connectivity index (χ0) is 26.1. The Morgan fingerprint density at radius 2 is 1.84 bits per heavy atom. The molecule has 3 aromatic carbocycles. The van der Waals surface area contributed by atoms with Gasteiger partial charge < -0.3 is 24.2 Å². The van der Waals surface area contributed by atoms with Gasteiger partial charge in [0, 0.05) is 24.2 Å². The van der Waals surface area contributed by atoms with E-state index >= 15 is 0 Å². The maximum absolute atomic E-state index is 13.7. The summed E-state index contributed by atoms with van der Waals surface area (Å²) in [6.07, 6.45) is -0.326. The van der Waals surface area contributed by atoms with Gasteiger partial charge in [0.05, 0.1) is 36.8 Å². The zero-order valence-corrected chi connectivity index (χ0v) is 20.9. The van der Waals surface area contributed by atoms with E-state index in [1.807, 2.05) is 55.6 Å². The molecule has 1 N–H and O–H groups in total. The normalized spacial score (nSPS) is 14.7. The molecule has 1 aliphatic rings. The maximum atomic E-state index is 13.7.